The van der Waals surface area contributed by atoms with E-state index in [0.29, 0.717) is 18.0 Å². The SMILES string of the molecule is O=C(C1CC=CC1)N(CC1CCCN1)C1CC1. The summed E-state index contributed by atoms with van der Waals surface area (Å²) in [6.45, 7) is 2.07. The average molecular weight is 234 g/mol. The number of allylic oxidation sites excluding steroid dienone is 2. The van der Waals surface area contributed by atoms with Crippen LogP contribution in [0, 0.1) is 5.92 Å². The molecule has 0 bridgehead atoms. The van der Waals surface area contributed by atoms with Crippen molar-refractivity contribution in [2.75, 3.05) is 13.1 Å². The summed E-state index contributed by atoms with van der Waals surface area (Å²) in [5, 5.41) is 3.51. The Morgan fingerprint density at radius 1 is 1.24 bits per heavy atom. The number of hydrogen-bond donors (Lipinski definition) is 1. The van der Waals surface area contributed by atoms with Gasteiger partial charge in [0, 0.05) is 24.5 Å². The van der Waals surface area contributed by atoms with Crippen LogP contribution in [0.5, 0.6) is 0 Å². The largest absolute Gasteiger partial charge is 0.338 e. The van der Waals surface area contributed by atoms with Crippen molar-refractivity contribution in [2.45, 2.75) is 50.6 Å². The van der Waals surface area contributed by atoms with Crippen molar-refractivity contribution in [1.29, 1.82) is 0 Å². The lowest BCUT2D eigenvalue weighted by atomic mass is 10.0. The molecule has 0 aromatic rings. The van der Waals surface area contributed by atoms with E-state index in [0.717, 1.165) is 25.9 Å². The number of carbonyl (C=O) groups excluding carboxylic acids is 1. The summed E-state index contributed by atoms with van der Waals surface area (Å²) in [6.07, 6.45) is 11.2. The van der Waals surface area contributed by atoms with E-state index in [9.17, 15) is 4.79 Å². The first kappa shape index (κ1) is 11.3. The molecule has 1 amide bonds. The van der Waals surface area contributed by atoms with Gasteiger partial charge in [0.1, 0.15) is 0 Å². The summed E-state index contributed by atoms with van der Waals surface area (Å²) in [6, 6.07) is 1.11. The van der Waals surface area contributed by atoms with Gasteiger partial charge in [0.15, 0.2) is 0 Å². The molecule has 1 atom stereocenters. The number of rotatable bonds is 4. The molecule has 1 aliphatic heterocycles. The van der Waals surface area contributed by atoms with E-state index in [4.69, 9.17) is 0 Å². The van der Waals surface area contributed by atoms with Gasteiger partial charge in [0.2, 0.25) is 5.91 Å². The van der Waals surface area contributed by atoms with E-state index in [1.165, 1.54) is 25.7 Å². The molecule has 17 heavy (non-hydrogen) atoms. The average Bonchev–Trinajstić information content (AvgIpc) is 2.86. The van der Waals surface area contributed by atoms with Crippen molar-refractivity contribution in [3.8, 4) is 0 Å². The molecule has 0 radical (unpaired) electrons. The number of nitrogens with one attached hydrogen (secondary N) is 1. The predicted molar refractivity (Wildman–Crippen MR) is 67.6 cm³/mol. The van der Waals surface area contributed by atoms with Crippen molar-refractivity contribution in [3.63, 3.8) is 0 Å². The minimum atomic E-state index is 0.247. The Kier molecular flexibility index (Phi) is 3.19. The molecule has 1 saturated carbocycles. The topological polar surface area (TPSA) is 32.3 Å². The molecular weight excluding hydrogens is 212 g/mol. The summed E-state index contributed by atoms with van der Waals surface area (Å²) in [4.78, 5) is 14.7. The second-order valence-corrected chi connectivity index (χ2v) is 5.65. The first-order valence-corrected chi connectivity index (χ1v) is 7.03. The van der Waals surface area contributed by atoms with Crippen LogP contribution in [0.3, 0.4) is 0 Å². The Balaban J connectivity index is 1.60. The smallest absolute Gasteiger partial charge is 0.226 e. The monoisotopic (exact) mass is 234 g/mol. The van der Waals surface area contributed by atoms with Gasteiger partial charge >= 0.3 is 0 Å². The molecule has 0 aromatic heterocycles. The number of carbonyl (C=O) groups is 1. The highest BCUT2D eigenvalue weighted by Crippen LogP contribution is 2.31. The van der Waals surface area contributed by atoms with Crippen LogP contribution in [0.25, 0.3) is 0 Å². The first-order chi connectivity index (χ1) is 8.34. The van der Waals surface area contributed by atoms with Crippen molar-refractivity contribution in [1.82, 2.24) is 10.2 Å². The van der Waals surface area contributed by atoms with Crippen LogP contribution in [0.4, 0.5) is 0 Å². The zero-order valence-corrected chi connectivity index (χ0v) is 10.4. The third-order valence-corrected chi connectivity index (χ3v) is 4.21. The van der Waals surface area contributed by atoms with E-state index in [2.05, 4.69) is 22.4 Å². The minimum Gasteiger partial charge on any atom is -0.338 e. The summed E-state index contributed by atoms with van der Waals surface area (Å²) in [5.41, 5.74) is 0. The van der Waals surface area contributed by atoms with Crippen LogP contribution < -0.4 is 5.32 Å². The second-order valence-electron chi connectivity index (χ2n) is 5.65. The maximum atomic E-state index is 12.5. The van der Waals surface area contributed by atoms with E-state index in [1.54, 1.807) is 0 Å². The van der Waals surface area contributed by atoms with Gasteiger partial charge in [0.25, 0.3) is 0 Å². The second kappa shape index (κ2) is 4.81. The Morgan fingerprint density at radius 3 is 2.59 bits per heavy atom. The maximum Gasteiger partial charge on any atom is 0.226 e. The maximum absolute atomic E-state index is 12.5. The molecule has 94 valence electrons. The first-order valence-electron chi connectivity index (χ1n) is 7.03. The molecule has 3 rings (SSSR count). The molecule has 2 fully saturated rings. The summed E-state index contributed by atoms with van der Waals surface area (Å²) in [7, 11) is 0. The fourth-order valence-electron chi connectivity index (χ4n) is 3.01. The van der Waals surface area contributed by atoms with Gasteiger partial charge in [-0.2, -0.15) is 0 Å². The van der Waals surface area contributed by atoms with Crippen LogP contribution in [0.1, 0.15) is 38.5 Å². The zero-order valence-electron chi connectivity index (χ0n) is 10.4. The summed E-state index contributed by atoms with van der Waals surface area (Å²) < 4.78 is 0. The fraction of sp³-hybridized carbons (Fsp3) is 0.786. The lowest BCUT2D eigenvalue weighted by Gasteiger charge is -2.28. The highest BCUT2D eigenvalue weighted by atomic mass is 16.2. The van der Waals surface area contributed by atoms with Crippen LogP contribution in [-0.2, 0) is 4.79 Å². The normalized spacial score (nSPS) is 28.8. The fourth-order valence-corrected chi connectivity index (χ4v) is 3.01. The van der Waals surface area contributed by atoms with E-state index in [1.807, 2.05) is 0 Å². The lowest BCUT2D eigenvalue weighted by molar-refractivity contribution is -0.136. The molecule has 1 heterocycles. The molecular formula is C14H22N2O. The molecule has 3 aliphatic rings. The zero-order chi connectivity index (χ0) is 11.7. The third-order valence-electron chi connectivity index (χ3n) is 4.21. The van der Waals surface area contributed by atoms with Crippen molar-refractivity contribution >= 4 is 5.91 Å². The minimum absolute atomic E-state index is 0.247. The highest BCUT2D eigenvalue weighted by molar-refractivity contribution is 5.80. The van der Waals surface area contributed by atoms with Gasteiger partial charge in [-0.25, -0.2) is 0 Å². The number of hydrogen-bond acceptors (Lipinski definition) is 2. The van der Waals surface area contributed by atoms with Gasteiger partial charge in [-0.1, -0.05) is 12.2 Å². The Morgan fingerprint density at radius 2 is 2.00 bits per heavy atom. The standard InChI is InChI=1S/C14H22N2O/c17-14(11-4-1-2-5-11)16(13-7-8-13)10-12-6-3-9-15-12/h1-2,11-13,15H,3-10H2. The molecule has 1 saturated heterocycles. The van der Waals surface area contributed by atoms with Crippen LogP contribution in [0.2, 0.25) is 0 Å². The van der Waals surface area contributed by atoms with Gasteiger partial charge in [-0.15, -0.1) is 0 Å². The van der Waals surface area contributed by atoms with Gasteiger partial charge in [0.05, 0.1) is 0 Å². The summed E-state index contributed by atoms with van der Waals surface area (Å²) in [5.74, 6) is 0.656. The van der Waals surface area contributed by atoms with Gasteiger partial charge in [-0.3, -0.25) is 4.79 Å². The lowest BCUT2D eigenvalue weighted by Crippen LogP contribution is -2.44. The molecule has 1 unspecified atom stereocenters. The van der Waals surface area contributed by atoms with Crippen LogP contribution in [-0.4, -0.2) is 36.0 Å². The van der Waals surface area contributed by atoms with Gasteiger partial charge < -0.3 is 10.2 Å². The van der Waals surface area contributed by atoms with E-state index >= 15 is 0 Å². The molecule has 2 aliphatic carbocycles. The molecule has 1 N–H and O–H groups in total. The Labute approximate surface area is 103 Å². The van der Waals surface area contributed by atoms with Gasteiger partial charge in [-0.05, 0) is 45.1 Å². The van der Waals surface area contributed by atoms with E-state index < -0.39 is 0 Å². The Hall–Kier alpha value is -0.830. The van der Waals surface area contributed by atoms with Crippen LogP contribution in [0.15, 0.2) is 12.2 Å². The van der Waals surface area contributed by atoms with Crippen LogP contribution >= 0.6 is 0 Å². The number of amides is 1. The van der Waals surface area contributed by atoms with Crippen molar-refractivity contribution in [2.24, 2.45) is 5.92 Å². The molecule has 0 aromatic carbocycles. The van der Waals surface area contributed by atoms with E-state index in [-0.39, 0.29) is 5.92 Å². The van der Waals surface area contributed by atoms with Crippen molar-refractivity contribution < 1.29 is 4.79 Å². The number of nitrogens with zero attached hydrogens (tertiary/aromatic N) is 1. The summed E-state index contributed by atoms with van der Waals surface area (Å²) >= 11 is 0. The molecule has 3 nitrogen and oxygen atoms in total. The molecule has 3 heteroatoms. The van der Waals surface area contributed by atoms with Crippen molar-refractivity contribution in [3.05, 3.63) is 12.2 Å². The highest BCUT2D eigenvalue weighted by Gasteiger charge is 2.37. The molecule has 0 spiro atoms. The quantitative estimate of drug-likeness (QED) is 0.751. The third kappa shape index (κ3) is 2.54. The Bertz CT molecular complexity index is 308. The predicted octanol–water partition coefficient (Wildman–Crippen LogP) is 1.70.